The average molecular weight is 413 g/mol. The van der Waals surface area contributed by atoms with E-state index in [-0.39, 0.29) is 17.9 Å². The highest BCUT2D eigenvalue weighted by Crippen LogP contribution is 2.26. The maximum atomic E-state index is 12.7. The molecule has 0 bridgehead atoms. The first-order chi connectivity index (χ1) is 13.5. The standard InChI is InChI=1S/C22H24N2O2S2/c1-15(2)24-21(25)14-28-20-10-6-4-8-18(20)22(26)23-12-11-16-13-27-19-9-5-3-7-17(16)19/h3-10,13,15H,11-12,14H2,1-2H3,(H,23,26)(H,24,25). The van der Waals surface area contributed by atoms with Gasteiger partial charge in [-0.1, -0.05) is 30.3 Å². The van der Waals surface area contributed by atoms with Gasteiger partial charge >= 0.3 is 0 Å². The first-order valence-electron chi connectivity index (χ1n) is 9.29. The number of carbonyl (C=O) groups is 2. The van der Waals surface area contributed by atoms with E-state index in [1.165, 1.54) is 27.4 Å². The lowest BCUT2D eigenvalue weighted by Crippen LogP contribution is -2.31. The number of benzene rings is 2. The summed E-state index contributed by atoms with van der Waals surface area (Å²) in [6.07, 6.45) is 0.794. The highest BCUT2D eigenvalue weighted by molar-refractivity contribution is 8.00. The van der Waals surface area contributed by atoms with Gasteiger partial charge in [0.25, 0.3) is 5.91 Å². The molecule has 0 saturated heterocycles. The zero-order chi connectivity index (χ0) is 19.9. The molecule has 0 unspecified atom stereocenters. The number of thiophene rings is 1. The van der Waals surface area contributed by atoms with Gasteiger partial charge in [0.05, 0.1) is 11.3 Å². The third-order valence-corrected chi connectivity index (χ3v) is 6.27. The molecule has 6 heteroatoms. The van der Waals surface area contributed by atoms with Crippen LogP contribution in [-0.2, 0) is 11.2 Å². The van der Waals surface area contributed by atoms with E-state index in [1.807, 2.05) is 44.2 Å². The van der Waals surface area contributed by atoms with Crippen LogP contribution < -0.4 is 10.6 Å². The number of rotatable bonds is 8. The van der Waals surface area contributed by atoms with Gasteiger partial charge in [0, 0.05) is 22.2 Å². The second-order valence-electron chi connectivity index (χ2n) is 6.77. The van der Waals surface area contributed by atoms with Gasteiger partial charge in [-0.15, -0.1) is 23.1 Å². The van der Waals surface area contributed by atoms with Crippen LogP contribution in [0, 0.1) is 0 Å². The van der Waals surface area contributed by atoms with Crippen LogP contribution in [0.4, 0.5) is 0 Å². The first-order valence-corrected chi connectivity index (χ1v) is 11.2. The van der Waals surface area contributed by atoms with Crippen molar-refractivity contribution in [2.24, 2.45) is 0 Å². The summed E-state index contributed by atoms with van der Waals surface area (Å²) in [5, 5.41) is 9.30. The van der Waals surface area contributed by atoms with E-state index in [2.05, 4.69) is 28.1 Å². The van der Waals surface area contributed by atoms with Gasteiger partial charge < -0.3 is 10.6 Å². The lowest BCUT2D eigenvalue weighted by atomic mass is 10.1. The lowest BCUT2D eigenvalue weighted by Gasteiger charge is -2.11. The molecule has 2 N–H and O–H groups in total. The predicted molar refractivity (Wildman–Crippen MR) is 118 cm³/mol. The summed E-state index contributed by atoms with van der Waals surface area (Å²) in [7, 11) is 0. The molecule has 28 heavy (non-hydrogen) atoms. The van der Waals surface area contributed by atoms with Crippen LogP contribution in [-0.4, -0.2) is 30.2 Å². The maximum Gasteiger partial charge on any atom is 0.252 e. The van der Waals surface area contributed by atoms with Crippen LogP contribution in [0.3, 0.4) is 0 Å². The van der Waals surface area contributed by atoms with E-state index >= 15 is 0 Å². The Labute approximate surface area is 173 Å². The van der Waals surface area contributed by atoms with Crippen LogP contribution in [0.1, 0.15) is 29.8 Å². The van der Waals surface area contributed by atoms with E-state index in [9.17, 15) is 9.59 Å². The molecule has 0 aliphatic carbocycles. The summed E-state index contributed by atoms with van der Waals surface area (Å²) in [6.45, 7) is 4.44. The quantitative estimate of drug-likeness (QED) is 0.536. The fourth-order valence-electron chi connectivity index (χ4n) is 2.92. The second kappa shape index (κ2) is 9.75. The molecule has 0 aliphatic heterocycles. The Morgan fingerprint density at radius 3 is 2.64 bits per heavy atom. The van der Waals surface area contributed by atoms with Crippen molar-refractivity contribution >= 4 is 45.0 Å². The van der Waals surface area contributed by atoms with Gasteiger partial charge in [0.2, 0.25) is 5.91 Å². The largest absolute Gasteiger partial charge is 0.353 e. The molecule has 0 saturated carbocycles. The van der Waals surface area contributed by atoms with Crippen molar-refractivity contribution in [1.82, 2.24) is 10.6 Å². The topological polar surface area (TPSA) is 58.2 Å². The van der Waals surface area contributed by atoms with Gasteiger partial charge in [0.1, 0.15) is 0 Å². The molecule has 1 heterocycles. The highest BCUT2D eigenvalue weighted by atomic mass is 32.2. The molecule has 146 valence electrons. The van der Waals surface area contributed by atoms with E-state index in [0.717, 1.165) is 11.3 Å². The third kappa shape index (κ3) is 5.36. The summed E-state index contributed by atoms with van der Waals surface area (Å²) in [4.78, 5) is 25.4. The second-order valence-corrected chi connectivity index (χ2v) is 8.70. The third-order valence-electron chi connectivity index (χ3n) is 4.18. The van der Waals surface area contributed by atoms with Gasteiger partial charge in [-0.3, -0.25) is 9.59 Å². The van der Waals surface area contributed by atoms with Crippen molar-refractivity contribution in [3.05, 3.63) is 65.0 Å². The average Bonchev–Trinajstić information content (AvgIpc) is 3.09. The Bertz CT molecular complexity index is 966. The summed E-state index contributed by atoms with van der Waals surface area (Å²) in [5.74, 6) is 0.162. The van der Waals surface area contributed by atoms with Gasteiger partial charge in [0.15, 0.2) is 0 Å². The SMILES string of the molecule is CC(C)NC(=O)CSc1ccccc1C(=O)NCCc1csc2ccccc12. The molecule has 4 nitrogen and oxygen atoms in total. The molecular weight excluding hydrogens is 388 g/mol. The Morgan fingerprint density at radius 2 is 1.82 bits per heavy atom. The molecule has 3 aromatic rings. The van der Waals surface area contributed by atoms with Crippen molar-refractivity contribution in [1.29, 1.82) is 0 Å². The monoisotopic (exact) mass is 412 g/mol. The van der Waals surface area contributed by atoms with Crippen molar-refractivity contribution in [2.45, 2.75) is 31.2 Å². The first kappa shape index (κ1) is 20.4. The highest BCUT2D eigenvalue weighted by Gasteiger charge is 2.13. The summed E-state index contributed by atoms with van der Waals surface area (Å²) < 4.78 is 1.27. The molecular formula is C22H24N2O2S2. The number of amides is 2. The van der Waals surface area contributed by atoms with Crippen LogP contribution >= 0.6 is 23.1 Å². The van der Waals surface area contributed by atoms with E-state index < -0.39 is 0 Å². The van der Waals surface area contributed by atoms with Gasteiger partial charge in [-0.2, -0.15) is 0 Å². The number of fused-ring (bicyclic) bond motifs is 1. The number of nitrogens with one attached hydrogen (secondary N) is 2. The van der Waals surface area contributed by atoms with Crippen molar-refractivity contribution < 1.29 is 9.59 Å². The normalized spacial score (nSPS) is 11.0. The van der Waals surface area contributed by atoms with E-state index in [0.29, 0.717) is 17.9 Å². The molecule has 0 spiro atoms. The summed E-state index contributed by atoms with van der Waals surface area (Å²) in [5.41, 5.74) is 1.87. The van der Waals surface area contributed by atoms with E-state index in [4.69, 9.17) is 0 Å². The molecule has 0 radical (unpaired) electrons. The van der Waals surface area contributed by atoms with Gasteiger partial charge in [-0.05, 0) is 54.8 Å². The minimum absolute atomic E-state index is 0.0282. The number of carbonyl (C=O) groups excluding carboxylic acids is 2. The molecule has 0 atom stereocenters. The zero-order valence-electron chi connectivity index (χ0n) is 16.0. The summed E-state index contributed by atoms with van der Waals surface area (Å²) in [6, 6.07) is 15.9. The molecule has 2 amide bonds. The predicted octanol–water partition coefficient (Wildman–Crippen LogP) is 4.49. The van der Waals surface area contributed by atoms with Crippen LogP contribution in [0.2, 0.25) is 0 Å². The van der Waals surface area contributed by atoms with Gasteiger partial charge in [-0.25, -0.2) is 0 Å². The molecule has 0 aliphatic rings. The molecule has 2 aromatic carbocycles. The maximum absolute atomic E-state index is 12.7. The Morgan fingerprint density at radius 1 is 1.07 bits per heavy atom. The van der Waals surface area contributed by atoms with Crippen LogP contribution in [0.5, 0.6) is 0 Å². The van der Waals surface area contributed by atoms with Crippen molar-refractivity contribution in [3.63, 3.8) is 0 Å². The minimum atomic E-state index is -0.105. The van der Waals surface area contributed by atoms with E-state index in [1.54, 1.807) is 17.4 Å². The lowest BCUT2D eigenvalue weighted by molar-refractivity contribution is -0.119. The molecule has 1 aromatic heterocycles. The number of thioether (sulfide) groups is 1. The Hall–Kier alpha value is -2.31. The zero-order valence-corrected chi connectivity index (χ0v) is 17.7. The fraction of sp³-hybridized carbons (Fsp3) is 0.273. The Balaban J connectivity index is 1.57. The minimum Gasteiger partial charge on any atom is -0.353 e. The molecule has 3 rings (SSSR count). The fourth-order valence-corrected chi connectivity index (χ4v) is 4.78. The van der Waals surface area contributed by atoms with Crippen LogP contribution in [0.25, 0.3) is 10.1 Å². The number of hydrogen-bond acceptors (Lipinski definition) is 4. The van der Waals surface area contributed by atoms with Crippen molar-refractivity contribution in [2.75, 3.05) is 12.3 Å². The van der Waals surface area contributed by atoms with Crippen LogP contribution in [0.15, 0.2) is 58.8 Å². The van der Waals surface area contributed by atoms with Crippen molar-refractivity contribution in [3.8, 4) is 0 Å². The summed E-state index contributed by atoms with van der Waals surface area (Å²) >= 11 is 3.12. The number of hydrogen-bond donors (Lipinski definition) is 2. The smallest absolute Gasteiger partial charge is 0.252 e. The Kier molecular flexibility index (Phi) is 7.12. The molecule has 0 fully saturated rings.